The topological polar surface area (TPSA) is 94.0 Å². The highest BCUT2D eigenvalue weighted by molar-refractivity contribution is 7.89. The third kappa shape index (κ3) is 5.69. The van der Waals surface area contributed by atoms with Gasteiger partial charge in [-0.1, -0.05) is 18.2 Å². The minimum Gasteiger partial charge on any atom is -0.391 e. The van der Waals surface area contributed by atoms with Gasteiger partial charge < -0.3 is 15.3 Å². The van der Waals surface area contributed by atoms with Crippen molar-refractivity contribution >= 4 is 16.0 Å². The molecular formula is C18H30N4O3S. The molecule has 0 aromatic heterocycles. The summed E-state index contributed by atoms with van der Waals surface area (Å²) in [5.41, 5.74) is 0.0786. The number of guanidine groups is 1. The van der Waals surface area contributed by atoms with Gasteiger partial charge in [0.2, 0.25) is 10.0 Å². The zero-order chi connectivity index (χ0) is 19.4. The maximum absolute atomic E-state index is 12.7. The molecule has 1 aromatic rings. The maximum atomic E-state index is 12.7. The number of hydrogen-bond acceptors (Lipinski definition) is 4. The van der Waals surface area contributed by atoms with Crippen molar-refractivity contribution in [2.75, 3.05) is 19.6 Å². The second-order valence-electron chi connectivity index (χ2n) is 7.52. The summed E-state index contributed by atoms with van der Waals surface area (Å²) < 4.78 is 28.1. The molecule has 146 valence electrons. The van der Waals surface area contributed by atoms with Crippen molar-refractivity contribution in [1.82, 2.24) is 14.9 Å². The molecule has 8 heteroatoms. The predicted molar refractivity (Wildman–Crippen MR) is 104 cm³/mol. The molecular weight excluding hydrogens is 352 g/mol. The van der Waals surface area contributed by atoms with Crippen LogP contribution in [0.3, 0.4) is 0 Å². The third-order valence-corrected chi connectivity index (χ3v) is 5.76. The lowest BCUT2D eigenvalue weighted by Crippen LogP contribution is -2.41. The molecule has 1 atom stereocenters. The lowest BCUT2D eigenvalue weighted by molar-refractivity contribution is 0.188. The minimum atomic E-state index is -3.63. The monoisotopic (exact) mass is 382 g/mol. The van der Waals surface area contributed by atoms with Gasteiger partial charge in [0.05, 0.1) is 17.5 Å². The Hall–Kier alpha value is -1.64. The lowest BCUT2D eigenvalue weighted by atomic mass is 10.1. The van der Waals surface area contributed by atoms with Crippen molar-refractivity contribution in [2.45, 2.75) is 57.2 Å². The molecule has 1 aliphatic rings. The molecule has 0 saturated carbocycles. The number of β-amino-alcohol motifs (C(OH)–C–C–N with tert-alkyl or cyclic N) is 1. The second kappa shape index (κ2) is 8.37. The van der Waals surface area contributed by atoms with Gasteiger partial charge in [0, 0.05) is 25.2 Å². The van der Waals surface area contributed by atoms with Crippen molar-refractivity contribution < 1.29 is 13.5 Å². The summed E-state index contributed by atoms with van der Waals surface area (Å²) in [4.78, 5) is 6.84. The number of likely N-dealkylation sites (tertiary alicyclic amines) is 1. The first-order valence-corrected chi connectivity index (χ1v) is 10.4. The van der Waals surface area contributed by atoms with E-state index in [2.05, 4.69) is 15.0 Å². The van der Waals surface area contributed by atoms with Crippen LogP contribution in [0.15, 0.2) is 34.2 Å². The van der Waals surface area contributed by atoms with E-state index in [0.29, 0.717) is 31.0 Å². The van der Waals surface area contributed by atoms with Gasteiger partial charge in [0.25, 0.3) is 0 Å². The SMILES string of the molecule is CCNC(=NCc1ccccc1S(=O)(=O)NC(C)(C)C)N1CC[C@@H](O)C1. The predicted octanol–water partition coefficient (Wildman–Crippen LogP) is 1.30. The Morgan fingerprint density at radius 3 is 2.62 bits per heavy atom. The van der Waals surface area contributed by atoms with E-state index in [-0.39, 0.29) is 17.5 Å². The molecule has 0 unspecified atom stereocenters. The number of sulfonamides is 1. The Morgan fingerprint density at radius 1 is 1.35 bits per heavy atom. The van der Waals surface area contributed by atoms with E-state index in [9.17, 15) is 13.5 Å². The number of rotatable bonds is 5. The number of aliphatic hydroxyl groups excluding tert-OH is 1. The van der Waals surface area contributed by atoms with Gasteiger partial charge >= 0.3 is 0 Å². The van der Waals surface area contributed by atoms with Crippen LogP contribution in [-0.4, -0.2) is 55.7 Å². The molecule has 2 rings (SSSR count). The molecule has 0 spiro atoms. The van der Waals surface area contributed by atoms with Gasteiger partial charge in [-0.15, -0.1) is 0 Å². The van der Waals surface area contributed by atoms with E-state index < -0.39 is 15.6 Å². The number of nitrogens with zero attached hydrogens (tertiary/aromatic N) is 2. The fourth-order valence-electron chi connectivity index (χ4n) is 2.87. The summed E-state index contributed by atoms with van der Waals surface area (Å²) in [6, 6.07) is 6.91. The van der Waals surface area contributed by atoms with Crippen molar-refractivity contribution in [1.29, 1.82) is 0 Å². The summed E-state index contributed by atoms with van der Waals surface area (Å²) in [6.07, 6.45) is 0.368. The smallest absolute Gasteiger partial charge is 0.241 e. The standard InChI is InChI=1S/C18H30N4O3S/c1-5-19-17(22-11-10-15(23)13-22)20-12-14-8-6-7-9-16(14)26(24,25)21-18(2,3)4/h6-9,15,21,23H,5,10-13H2,1-4H3,(H,19,20)/t15-/m1/s1. The Balaban J connectivity index is 2.26. The van der Waals surface area contributed by atoms with Gasteiger partial charge in [-0.2, -0.15) is 0 Å². The average Bonchev–Trinajstić information content (AvgIpc) is 2.96. The first-order chi connectivity index (χ1) is 12.1. The van der Waals surface area contributed by atoms with Crippen molar-refractivity contribution in [3.05, 3.63) is 29.8 Å². The Morgan fingerprint density at radius 2 is 2.04 bits per heavy atom. The first kappa shape index (κ1) is 20.7. The van der Waals surface area contributed by atoms with E-state index in [1.807, 2.05) is 38.7 Å². The second-order valence-corrected chi connectivity index (χ2v) is 9.17. The zero-order valence-corrected chi connectivity index (χ0v) is 16.8. The summed E-state index contributed by atoms with van der Waals surface area (Å²) in [5.74, 6) is 0.694. The summed E-state index contributed by atoms with van der Waals surface area (Å²) in [5, 5.41) is 13.0. The largest absolute Gasteiger partial charge is 0.391 e. The molecule has 0 radical (unpaired) electrons. The Bertz CT molecular complexity index is 741. The van der Waals surface area contributed by atoms with Crippen molar-refractivity contribution in [3.63, 3.8) is 0 Å². The zero-order valence-electron chi connectivity index (χ0n) is 16.0. The van der Waals surface area contributed by atoms with E-state index in [1.54, 1.807) is 18.2 Å². The molecule has 0 aliphatic carbocycles. The van der Waals surface area contributed by atoms with Crippen LogP contribution < -0.4 is 10.0 Å². The molecule has 1 fully saturated rings. The Labute approximate surface area is 156 Å². The fourth-order valence-corrected chi connectivity index (χ4v) is 4.53. The molecule has 26 heavy (non-hydrogen) atoms. The van der Waals surface area contributed by atoms with Crippen LogP contribution in [0.4, 0.5) is 0 Å². The molecule has 0 bridgehead atoms. The van der Waals surface area contributed by atoms with Crippen LogP contribution >= 0.6 is 0 Å². The average molecular weight is 383 g/mol. The van der Waals surface area contributed by atoms with Gasteiger partial charge in [0.15, 0.2) is 5.96 Å². The molecule has 0 amide bonds. The molecule has 1 aromatic carbocycles. The number of aliphatic imine (C=N–C) groups is 1. The number of aliphatic hydroxyl groups is 1. The maximum Gasteiger partial charge on any atom is 0.241 e. The minimum absolute atomic E-state index is 0.246. The van der Waals surface area contributed by atoms with Crippen LogP contribution in [0.5, 0.6) is 0 Å². The van der Waals surface area contributed by atoms with Crippen molar-refractivity contribution in [3.8, 4) is 0 Å². The van der Waals surface area contributed by atoms with Crippen LogP contribution in [0, 0.1) is 0 Å². The molecule has 1 aliphatic heterocycles. The van der Waals surface area contributed by atoms with Crippen molar-refractivity contribution in [2.24, 2.45) is 4.99 Å². The third-order valence-electron chi connectivity index (χ3n) is 3.90. The highest BCUT2D eigenvalue weighted by Crippen LogP contribution is 2.19. The molecule has 1 heterocycles. The van der Waals surface area contributed by atoms with E-state index in [4.69, 9.17) is 0 Å². The van der Waals surface area contributed by atoms with Gasteiger partial charge in [-0.3, -0.25) is 0 Å². The fraction of sp³-hybridized carbons (Fsp3) is 0.611. The van der Waals surface area contributed by atoms with Crippen LogP contribution in [0.1, 0.15) is 39.7 Å². The summed E-state index contributed by atoms with van der Waals surface area (Å²) in [6.45, 7) is 9.64. The van der Waals surface area contributed by atoms with Gasteiger partial charge in [0.1, 0.15) is 0 Å². The molecule has 7 nitrogen and oxygen atoms in total. The quantitative estimate of drug-likeness (QED) is 0.527. The van der Waals surface area contributed by atoms with Gasteiger partial charge in [-0.05, 0) is 45.7 Å². The van der Waals surface area contributed by atoms with Gasteiger partial charge in [-0.25, -0.2) is 18.1 Å². The highest BCUT2D eigenvalue weighted by Gasteiger charge is 2.25. The molecule has 3 N–H and O–H groups in total. The lowest BCUT2D eigenvalue weighted by Gasteiger charge is -2.22. The Kier molecular flexibility index (Phi) is 6.65. The number of nitrogens with one attached hydrogen (secondary N) is 2. The van der Waals surface area contributed by atoms with E-state index in [0.717, 1.165) is 6.54 Å². The molecule has 1 saturated heterocycles. The van der Waals surface area contributed by atoms with Crippen LogP contribution in [0.2, 0.25) is 0 Å². The summed E-state index contributed by atoms with van der Waals surface area (Å²) >= 11 is 0. The van der Waals surface area contributed by atoms with Crippen LogP contribution in [-0.2, 0) is 16.6 Å². The number of hydrogen-bond donors (Lipinski definition) is 3. The first-order valence-electron chi connectivity index (χ1n) is 8.95. The normalized spacial score (nSPS) is 19.0. The van der Waals surface area contributed by atoms with Crippen LogP contribution in [0.25, 0.3) is 0 Å². The number of benzene rings is 1. The van der Waals surface area contributed by atoms with E-state index >= 15 is 0 Å². The van der Waals surface area contributed by atoms with E-state index in [1.165, 1.54) is 0 Å². The summed E-state index contributed by atoms with van der Waals surface area (Å²) in [7, 11) is -3.63. The highest BCUT2D eigenvalue weighted by atomic mass is 32.2.